The van der Waals surface area contributed by atoms with Crippen LogP contribution < -0.4 is 9.64 Å². The number of hydrogen-bond donors (Lipinski definition) is 0. The fraction of sp³-hybridized carbons (Fsp3) is 0.619. The third-order valence-electron chi connectivity index (χ3n) is 5.92. The van der Waals surface area contributed by atoms with Gasteiger partial charge in [0.1, 0.15) is 24.0 Å². The molecule has 30 heavy (non-hydrogen) atoms. The highest BCUT2D eigenvalue weighted by molar-refractivity contribution is 9.10. The van der Waals surface area contributed by atoms with Crippen molar-refractivity contribution >= 4 is 44.3 Å². The molecular formula is C21H27BrClFN4O2. The predicted molar refractivity (Wildman–Crippen MR) is 120 cm³/mol. The number of fused-ring (bicyclic) bond motifs is 1. The number of anilines is 1. The number of halogens is 3. The average Bonchev–Trinajstić information content (AvgIpc) is 2.72. The summed E-state index contributed by atoms with van der Waals surface area (Å²) in [7, 11) is 2.05. The van der Waals surface area contributed by atoms with Gasteiger partial charge in [-0.15, -0.1) is 0 Å². The number of hydrogen-bond acceptors (Lipinski definition) is 6. The number of nitrogens with zero attached hydrogens (tertiary/aromatic N) is 4. The third kappa shape index (κ3) is 4.52. The van der Waals surface area contributed by atoms with Crippen LogP contribution in [0.25, 0.3) is 10.9 Å². The Bertz CT molecular complexity index is 934. The molecule has 2 aliphatic rings. The molecule has 2 saturated heterocycles. The zero-order valence-corrected chi connectivity index (χ0v) is 19.8. The Labute approximate surface area is 189 Å². The van der Waals surface area contributed by atoms with Gasteiger partial charge >= 0.3 is 6.01 Å². The van der Waals surface area contributed by atoms with E-state index in [1.165, 1.54) is 0 Å². The van der Waals surface area contributed by atoms with Crippen LogP contribution in [0.1, 0.15) is 26.7 Å². The largest absolute Gasteiger partial charge is 0.461 e. The van der Waals surface area contributed by atoms with Crippen molar-refractivity contribution in [2.75, 3.05) is 44.8 Å². The van der Waals surface area contributed by atoms with Crippen molar-refractivity contribution in [3.8, 4) is 6.01 Å². The minimum atomic E-state index is -0.502. The first-order chi connectivity index (χ1) is 14.3. The highest BCUT2D eigenvalue weighted by atomic mass is 79.9. The molecule has 0 N–H and O–H groups in total. The Morgan fingerprint density at radius 2 is 2.10 bits per heavy atom. The number of likely N-dealkylation sites (N-methyl/N-ethyl adjacent to an activating group) is 1. The Kier molecular flexibility index (Phi) is 6.67. The highest BCUT2D eigenvalue weighted by Crippen LogP contribution is 2.38. The maximum absolute atomic E-state index is 15.1. The molecule has 164 valence electrons. The lowest BCUT2D eigenvalue weighted by molar-refractivity contribution is -0.0416. The number of benzene rings is 1. The van der Waals surface area contributed by atoms with Crippen LogP contribution in [0.2, 0.25) is 5.02 Å². The summed E-state index contributed by atoms with van der Waals surface area (Å²) in [5.41, 5.74) is 0.207. The Morgan fingerprint density at radius 1 is 1.30 bits per heavy atom. The van der Waals surface area contributed by atoms with E-state index in [0.717, 1.165) is 32.5 Å². The van der Waals surface area contributed by atoms with Gasteiger partial charge in [0.05, 0.1) is 16.1 Å². The molecule has 2 aromatic rings. The lowest BCUT2D eigenvalue weighted by Crippen LogP contribution is -2.43. The van der Waals surface area contributed by atoms with Gasteiger partial charge in [-0.1, -0.05) is 18.5 Å². The van der Waals surface area contributed by atoms with Crippen LogP contribution in [0.3, 0.4) is 0 Å². The summed E-state index contributed by atoms with van der Waals surface area (Å²) in [5, 5.41) is 0.900. The van der Waals surface area contributed by atoms with Crippen molar-refractivity contribution in [3.05, 3.63) is 21.4 Å². The molecule has 1 aromatic heterocycles. The fourth-order valence-corrected chi connectivity index (χ4v) is 4.63. The van der Waals surface area contributed by atoms with Gasteiger partial charge in [0.2, 0.25) is 0 Å². The van der Waals surface area contributed by atoms with E-state index in [2.05, 4.69) is 51.6 Å². The molecule has 1 aromatic carbocycles. The van der Waals surface area contributed by atoms with Gasteiger partial charge in [0.15, 0.2) is 5.82 Å². The molecule has 2 fully saturated rings. The second-order valence-electron chi connectivity index (χ2n) is 8.46. The third-order valence-corrected chi connectivity index (χ3v) is 7.22. The van der Waals surface area contributed by atoms with Gasteiger partial charge in [0.25, 0.3) is 0 Å². The molecule has 6 nitrogen and oxygen atoms in total. The zero-order valence-electron chi connectivity index (χ0n) is 17.5. The van der Waals surface area contributed by atoms with E-state index in [4.69, 9.17) is 26.1 Å². The summed E-state index contributed by atoms with van der Waals surface area (Å²) in [5.74, 6) is 0.693. The maximum atomic E-state index is 15.1. The summed E-state index contributed by atoms with van der Waals surface area (Å²) in [6, 6.07) is 2.18. The van der Waals surface area contributed by atoms with E-state index in [-0.39, 0.29) is 28.1 Å². The van der Waals surface area contributed by atoms with Gasteiger partial charge in [0, 0.05) is 31.1 Å². The van der Waals surface area contributed by atoms with Gasteiger partial charge in [-0.25, -0.2) is 4.39 Å². The SMILES string of the molecule is C[C@H]1CC[C@H](C)N(c2nc(OC[C@@H]3CN(C)CCO3)nc3c(F)c(Br)c(Cl)cc23)C1. The highest BCUT2D eigenvalue weighted by Gasteiger charge is 2.28. The molecule has 0 aliphatic carbocycles. The smallest absolute Gasteiger partial charge is 0.319 e. The minimum absolute atomic E-state index is 0.0674. The fourth-order valence-electron chi connectivity index (χ4n) is 4.14. The summed E-state index contributed by atoms with van der Waals surface area (Å²) in [6.45, 7) is 7.90. The van der Waals surface area contributed by atoms with Crippen molar-refractivity contribution in [2.24, 2.45) is 5.92 Å². The molecule has 0 spiro atoms. The van der Waals surface area contributed by atoms with Gasteiger partial charge in [-0.2, -0.15) is 9.97 Å². The Hall–Kier alpha value is -1.22. The van der Waals surface area contributed by atoms with Gasteiger partial charge in [-0.3, -0.25) is 0 Å². The molecule has 0 amide bonds. The molecule has 3 atom stereocenters. The van der Waals surface area contributed by atoms with Crippen LogP contribution in [-0.4, -0.2) is 66.9 Å². The minimum Gasteiger partial charge on any atom is -0.461 e. The summed E-state index contributed by atoms with van der Waals surface area (Å²) in [4.78, 5) is 13.5. The van der Waals surface area contributed by atoms with Crippen LogP contribution in [0.4, 0.5) is 10.2 Å². The first kappa shape index (κ1) is 22.0. The van der Waals surface area contributed by atoms with Crippen LogP contribution in [0.15, 0.2) is 10.5 Å². The van der Waals surface area contributed by atoms with Crippen LogP contribution in [0, 0.1) is 11.7 Å². The van der Waals surface area contributed by atoms with Crippen molar-refractivity contribution in [3.63, 3.8) is 0 Å². The average molecular weight is 502 g/mol. The molecular weight excluding hydrogens is 475 g/mol. The molecule has 3 heterocycles. The maximum Gasteiger partial charge on any atom is 0.319 e. The first-order valence-corrected chi connectivity index (χ1v) is 11.6. The van der Waals surface area contributed by atoms with E-state index in [0.29, 0.717) is 35.4 Å². The quantitative estimate of drug-likeness (QED) is 0.574. The lowest BCUT2D eigenvalue weighted by Gasteiger charge is -2.38. The second-order valence-corrected chi connectivity index (χ2v) is 9.66. The van der Waals surface area contributed by atoms with E-state index in [9.17, 15) is 0 Å². The number of piperidine rings is 1. The van der Waals surface area contributed by atoms with Gasteiger partial charge < -0.3 is 19.3 Å². The van der Waals surface area contributed by atoms with Crippen LogP contribution in [-0.2, 0) is 4.74 Å². The molecule has 2 aliphatic heterocycles. The molecule has 0 saturated carbocycles. The first-order valence-electron chi connectivity index (χ1n) is 10.4. The molecule has 0 radical (unpaired) electrons. The van der Waals surface area contributed by atoms with Crippen LogP contribution in [0.5, 0.6) is 6.01 Å². The topological polar surface area (TPSA) is 50.7 Å². The standard InChI is InChI=1S/C21H27BrClFN4O2/c1-12-4-5-13(2)28(9-12)20-15-8-16(23)17(22)18(24)19(15)25-21(26-20)30-11-14-10-27(3)6-7-29-14/h8,12-14H,4-7,9-11H2,1-3H3/t12-,13-,14-/m0/s1. The van der Waals surface area contributed by atoms with Gasteiger partial charge in [-0.05, 0) is 54.7 Å². The number of rotatable bonds is 4. The second kappa shape index (κ2) is 9.10. The van der Waals surface area contributed by atoms with E-state index >= 15 is 4.39 Å². The van der Waals surface area contributed by atoms with E-state index in [1.807, 2.05) is 0 Å². The van der Waals surface area contributed by atoms with E-state index < -0.39 is 5.82 Å². The van der Waals surface area contributed by atoms with Crippen molar-refractivity contribution in [1.29, 1.82) is 0 Å². The van der Waals surface area contributed by atoms with Crippen LogP contribution >= 0.6 is 27.5 Å². The number of aromatic nitrogens is 2. The molecule has 9 heteroatoms. The Balaban J connectivity index is 1.72. The molecule has 4 rings (SSSR count). The van der Waals surface area contributed by atoms with Crippen molar-refractivity contribution in [2.45, 2.75) is 38.8 Å². The summed E-state index contributed by atoms with van der Waals surface area (Å²) >= 11 is 9.50. The predicted octanol–water partition coefficient (Wildman–Crippen LogP) is 4.52. The number of morpholine rings is 1. The zero-order chi connectivity index (χ0) is 21.4. The summed E-state index contributed by atoms with van der Waals surface area (Å²) < 4.78 is 26.9. The monoisotopic (exact) mass is 500 g/mol. The van der Waals surface area contributed by atoms with Crippen molar-refractivity contribution < 1.29 is 13.9 Å². The number of ether oxygens (including phenoxy) is 2. The lowest BCUT2D eigenvalue weighted by atomic mass is 9.95. The Morgan fingerprint density at radius 3 is 2.87 bits per heavy atom. The van der Waals surface area contributed by atoms with E-state index in [1.54, 1.807) is 6.07 Å². The normalized spacial score (nSPS) is 25.7. The van der Waals surface area contributed by atoms with Crippen molar-refractivity contribution in [1.82, 2.24) is 14.9 Å². The summed E-state index contributed by atoms with van der Waals surface area (Å²) in [6.07, 6.45) is 2.15. The molecule has 0 unspecified atom stereocenters. The molecule has 0 bridgehead atoms.